The lowest BCUT2D eigenvalue weighted by Gasteiger charge is -2.00. The van der Waals surface area contributed by atoms with Gasteiger partial charge >= 0.3 is 0 Å². The molecule has 0 radical (unpaired) electrons. The van der Waals surface area contributed by atoms with Crippen LogP contribution in [0.15, 0.2) is 29.4 Å². The molecule has 0 amide bonds. The normalized spacial score (nSPS) is 10.5. The summed E-state index contributed by atoms with van der Waals surface area (Å²) in [4.78, 5) is 0. The standard InChI is InChI=1S/C10H14N2/c1-3-9-5-7-10(8-6-9)12-11-4-2/h4-8,12H,3H2,1-2H3/b11-4-. The maximum Gasteiger partial charge on any atom is 0.0561 e. The Balaban J connectivity index is 2.64. The molecule has 0 fully saturated rings. The summed E-state index contributed by atoms with van der Waals surface area (Å²) >= 11 is 0. The van der Waals surface area contributed by atoms with E-state index in [1.807, 2.05) is 19.1 Å². The topological polar surface area (TPSA) is 24.4 Å². The van der Waals surface area contributed by atoms with Gasteiger partial charge in [-0.05, 0) is 31.0 Å². The summed E-state index contributed by atoms with van der Waals surface area (Å²) in [7, 11) is 0. The molecule has 0 unspecified atom stereocenters. The van der Waals surface area contributed by atoms with E-state index in [0.717, 1.165) is 12.1 Å². The van der Waals surface area contributed by atoms with Crippen molar-refractivity contribution in [2.24, 2.45) is 5.10 Å². The largest absolute Gasteiger partial charge is 0.279 e. The fourth-order valence-corrected chi connectivity index (χ4v) is 0.954. The van der Waals surface area contributed by atoms with Gasteiger partial charge < -0.3 is 0 Å². The molecule has 0 saturated carbocycles. The van der Waals surface area contributed by atoms with Crippen LogP contribution in [-0.2, 0) is 6.42 Å². The van der Waals surface area contributed by atoms with E-state index in [1.54, 1.807) is 6.21 Å². The Morgan fingerprint density at radius 1 is 1.33 bits per heavy atom. The average molecular weight is 162 g/mol. The number of hydrogen-bond acceptors (Lipinski definition) is 2. The van der Waals surface area contributed by atoms with Crippen LogP contribution in [0.5, 0.6) is 0 Å². The molecule has 1 aromatic rings. The molecule has 2 heteroatoms. The number of aryl methyl sites for hydroxylation is 1. The summed E-state index contributed by atoms with van der Waals surface area (Å²) in [6.45, 7) is 4.03. The maximum atomic E-state index is 3.92. The second kappa shape index (κ2) is 4.54. The molecule has 0 spiro atoms. The fraction of sp³-hybridized carbons (Fsp3) is 0.300. The quantitative estimate of drug-likeness (QED) is 0.536. The van der Waals surface area contributed by atoms with E-state index in [-0.39, 0.29) is 0 Å². The second-order valence-electron chi connectivity index (χ2n) is 2.55. The lowest BCUT2D eigenvalue weighted by atomic mass is 10.2. The Labute approximate surface area is 73.3 Å². The Morgan fingerprint density at radius 2 is 2.00 bits per heavy atom. The van der Waals surface area contributed by atoms with Gasteiger partial charge in [0.15, 0.2) is 0 Å². The third-order valence-electron chi connectivity index (χ3n) is 1.68. The molecule has 1 rings (SSSR count). The molecule has 1 N–H and O–H groups in total. The number of benzene rings is 1. The third-order valence-corrected chi connectivity index (χ3v) is 1.68. The molecule has 0 aliphatic heterocycles. The fourth-order valence-electron chi connectivity index (χ4n) is 0.954. The number of hydrogen-bond donors (Lipinski definition) is 1. The van der Waals surface area contributed by atoms with Gasteiger partial charge in [0.25, 0.3) is 0 Å². The number of rotatable bonds is 3. The van der Waals surface area contributed by atoms with Gasteiger partial charge in [-0.1, -0.05) is 19.1 Å². The lowest BCUT2D eigenvalue weighted by Crippen LogP contribution is -1.88. The summed E-state index contributed by atoms with van der Waals surface area (Å²) in [6, 6.07) is 8.28. The highest BCUT2D eigenvalue weighted by Gasteiger charge is 1.89. The van der Waals surface area contributed by atoms with Crippen LogP contribution in [-0.4, -0.2) is 6.21 Å². The SMILES string of the molecule is C/C=N\Nc1ccc(CC)cc1. The van der Waals surface area contributed by atoms with E-state index >= 15 is 0 Å². The highest BCUT2D eigenvalue weighted by Crippen LogP contribution is 2.09. The van der Waals surface area contributed by atoms with Crippen LogP contribution in [0.3, 0.4) is 0 Å². The molecule has 64 valence electrons. The van der Waals surface area contributed by atoms with Crippen molar-refractivity contribution in [2.75, 3.05) is 5.43 Å². The van der Waals surface area contributed by atoms with Crippen LogP contribution >= 0.6 is 0 Å². The Kier molecular flexibility index (Phi) is 3.33. The van der Waals surface area contributed by atoms with Gasteiger partial charge in [-0.2, -0.15) is 5.10 Å². The van der Waals surface area contributed by atoms with Crippen molar-refractivity contribution in [3.8, 4) is 0 Å². The Morgan fingerprint density at radius 3 is 2.50 bits per heavy atom. The van der Waals surface area contributed by atoms with Crippen LogP contribution in [0.1, 0.15) is 19.4 Å². The first-order valence-corrected chi connectivity index (χ1v) is 4.19. The first kappa shape index (κ1) is 8.78. The van der Waals surface area contributed by atoms with Crippen LogP contribution in [0.2, 0.25) is 0 Å². The molecule has 12 heavy (non-hydrogen) atoms. The first-order chi connectivity index (χ1) is 5.86. The van der Waals surface area contributed by atoms with Gasteiger partial charge in [-0.15, -0.1) is 0 Å². The molecule has 0 bridgehead atoms. The zero-order valence-electron chi connectivity index (χ0n) is 7.54. The summed E-state index contributed by atoms with van der Waals surface area (Å²) < 4.78 is 0. The van der Waals surface area contributed by atoms with Crippen molar-refractivity contribution in [1.29, 1.82) is 0 Å². The van der Waals surface area contributed by atoms with Crippen molar-refractivity contribution in [2.45, 2.75) is 20.3 Å². The molecule has 0 heterocycles. The second-order valence-corrected chi connectivity index (χ2v) is 2.55. The van der Waals surface area contributed by atoms with E-state index in [2.05, 4.69) is 29.6 Å². The van der Waals surface area contributed by atoms with Crippen molar-refractivity contribution >= 4 is 11.9 Å². The highest BCUT2D eigenvalue weighted by atomic mass is 15.3. The van der Waals surface area contributed by atoms with Crippen molar-refractivity contribution in [3.63, 3.8) is 0 Å². The summed E-state index contributed by atoms with van der Waals surface area (Å²) in [6.07, 6.45) is 2.81. The minimum atomic E-state index is 1.03. The molecule has 0 aliphatic rings. The predicted molar refractivity (Wildman–Crippen MR) is 53.6 cm³/mol. The highest BCUT2D eigenvalue weighted by molar-refractivity contribution is 5.56. The van der Waals surface area contributed by atoms with Gasteiger partial charge in [0.2, 0.25) is 0 Å². The van der Waals surface area contributed by atoms with E-state index in [9.17, 15) is 0 Å². The molecule has 0 atom stereocenters. The zero-order valence-corrected chi connectivity index (χ0v) is 7.54. The minimum Gasteiger partial charge on any atom is -0.279 e. The van der Waals surface area contributed by atoms with Crippen LogP contribution in [0, 0.1) is 0 Å². The van der Waals surface area contributed by atoms with Gasteiger partial charge in [0.1, 0.15) is 0 Å². The number of nitrogens with one attached hydrogen (secondary N) is 1. The Bertz CT molecular complexity index is 249. The monoisotopic (exact) mass is 162 g/mol. The Hall–Kier alpha value is -1.31. The summed E-state index contributed by atoms with van der Waals surface area (Å²) in [5.74, 6) is 0. The van der Waals surface area contributed by atoms with Crippen LogP contribution < -0.4 is 5.43 Å². The van der Waals surface area contributed by atoms with Crippen LogP contribution in [0.4, 0.5) is 5.69 Å². The number of nitrogens with zero attached hydrogens (tertiary/aromatic N) is 1. The molecule has 1 aromatic carbocycles. The number of anilines is 1. The van der Waals surface area contributed by atoms with E-state index in [1.165, 1.54) is 5.56 Å². The van der Waals surface area contributed by atoms with Gasteiger partial charge in [-0.3, -0.25) is 5.43 Å². The van der Waals surface area contributed by atoms with Crippen molar-refractivity contribution in [1.82, 2.24) is 0 Å². The molecular formula is C10H14N2. The van der Waals surface area contributed by atoms with E-state index in [4.69, 9.17) is 0 Å². The van der Waals surface area contributed by atoms with Gasteiger partial charge in [-0.25, -0.2) is 0 Å². The zero-order chi connectivity index (χ0) is 8.81. The van der Waals surface area contributed by atoms with Gasteiger partial charge in [0, 0.05) is 6.21 Å². The molecular weight excluding hydrogens is 148 g/mol. The van der Waals surface area contributed by atoms with E-state index < -0.39 is 0 Å². The van der Waals surface area contributed by atoms with Crippen LogP contribution in [0.25, 0.3) is 0 Å². The van der Waals surface area contributed by atoms with Gasteiger partial charge in [0.05, 0.1) is 5.69 Å². The lowest BCUT2D eigenvalue weighted by molar-refractivity contribution is 1.14. The molecule has 0 aromatic heterocycles. The average Bonchev–Trinajstić information content (AvgIpc) is 2.15. The summed E-state index contributed by atoms with van der Waals surface area (Å²) in [5, 5.41) is 3.92. The summed E-state index contributed by atoms with van der Waals surface area (Å²) in [5.41, 5.74) is 5.30. The number of hydrazone groups is 1. The maximum absolute atomic E-state index is 3.92. The predicted octanol–water partition coefficient (Wildman–Crippen LogP) is 2.67. The smallest absolute Gasteiger partial charge is 0.0561 e. The molecule has 2 nitrogen and oxygen atoms in total. The van der Waals surface area contributed by atoms with Crippen molar-refractivity contribution < 1.29 is 0 Å². The van der Waals surface area contributed by atoms with Crippen molar-refractivity contribution in [3.05, 3.63) is 29.8 Å². The minimum absolute atomic E-state index is 1.03. The first-order valence-electron chi connectivity index (χ1n) is 4.19. The molecule has 0 saturated heterocycles. The molecule has 0 aliphatic carbocycles. The third kappa shape index (κ3) is 2.38. The van der Waals surface area contributed by atoms with E-state index in [0.29, 0.717) is 0 Å².